The SMILES string of the molecule is C=Cc1ccc(ON2C(=O)c3ccccc3C2=O)cc1. The minimum absolute atomic E-state index is 0.361. The number of nitrogens with zero attached hydrogens (tertiary/aromatic N) is 1. The minimum atomic E-state index is -0.446. The van der Waals surface area contributed by atoms with Gasteiger partial charge in [0.05, 0.1) is 11.1 Å². The topological polar surface area (TPSA) is 46.6 Å². The van der Waals surface area contributed by atoms with E-state index in [0.717, 1.165) is 10.6 Å². The van der Waals surface area contributed by atoms with Crippen LogP contribution in [0.5, 0.6) is 5.75 Å². The van der Waals surface area contributed by atoms with Crippen molar-refractivity contribution in [3.63, 3.8) is 0 Å². The van der Waals surface area contributed by atoms with Gasteiger partial charge in [-0.05, 0) is 29.8 Å². The standard InChI is InChI=1S/C16H11NO3/c1-2-11-7-9-12(10-8-11)20-17-15(18)13-5-3-4-6-14(13)16(17)19/h2-10H,1H2. The maximum Gasteiger partial charge on any atom is 0.295 e. The summed E-state index contributed by atoms with van der Waals surface area (Å²) < 4.78 is 0. The van der Waals surface area contributed by atoms with Gasteiger partial charge in [-0.2, -0.15) is 0 Å². The number of carbonyl (C=O) groups is 2. The molecule has 4 nitrogen and oxygen atoms in total. The molecule has 2 aromatic carbocycles. The maximum absolute atomic E-state index is 12.1. The van der Waals surface area contributed by atoms with Gasteiger partial charge < -0.3 is 4.84 Å². The Hall–Kier alpha value is -2.88. The van der Waals surface area contributed by atoms with E-state index < -0.39 is 11.8 Å². The molecule has 0 unspecified atom stereocenters. The van der Waals surface area contributed by atoms with Gasteiger partial charge in [0.2, 0.25) is 0 Å². The van der Waals surface area contributed by atoms with Crippen molar-refractivity contribution < 1.29 is 14.4 Å². The van der Waals surface area contributed by atoms with E-state index in [4.69, 9.17) is 4.84 Å². The summed E-state index contributed by atoms with van der Waals surface area (Å²) in [6.45, 7) is 3.66. The molecule has 98 valence electrons. The van der Waals surface area contributed by atoms with E-state index >= 15 is 0 Å². The molecule has 0 N–H and O–H groups in total. The number of fused-ring (bicyclic) bond motifs is 1. The van der Waals surface area contributed by atoms with E-state index in [2.05, 4.69) is 6.58 Å². The predicted octanol–water partition coefficient (Wildman–Crippen LogP) is 2.92. The summed E-state index contributed by atoms with van der Waals surface area (Å²) in [6.07, 6.45) is 1.70. The number of hydrogen-bond donors (Lipinski definition) is 0. The van der Waals surface area contributed by atoms with Crippen LogP contribution in [0.3, 0.4) is 0 Å². The fourth-order valence-electron chi connectivity index (χ4n) is 2.02. The highest BCUT2D eigenvalue weighted by Crippen LogP contribution is 2.24. The minimum Gasteiger partial charge on any atom is -0.368 e. The van der Waals surface area contributed by atoms with Crippen LogP contribution in [0.15, 0.2) is 55.1 Å². The molecule has 1 heterocycles. The van der Waals surface area contributed by atoms with Crippen LogP contribution in [-0.2, 0) is 0 Å². The van der Waals surface area contributed by atoms with Gasteiger partial charge in [0.1, 0.15) is 0 Å². The molecule has 2 aromatic rings. The zero-order valence-electron chi connectivity index (χ0n) is 10.6. The monoisotopic (exact) mass is 265 g/mol. The fourth-order valence-corrected chi connectivity index (χ4v) is 2.02. The second-order valence-corrected chi connectivity index (χ2v) is 4.31. The number of hydrogen-bond acceptors (Lipinski definition) is 3. The fraction of sp³-hybridized carbons (Fsp3) is 0. The maximum atomic E-state index is 12.1. The Morgan fingerprint density at radius 1 is 0.900 bits per heavy atom. The molecule has 0 fully saturated rings. The quantitative estimate of drug-likeness (QED) is 0.802. The summed E-state index contributed by atoms with van der Waals surface area (Å²) in [7, 11) is 0. The summed E-state index contributed by atoms with van der Waals surface area (Å²) in [6, 6.07) is 13.6. The summed E-state index contributed by atoms with van der Waals surface area (Å²) >= 11 is 0. The van der Waals surface area contributed by atoms with E-state index in [0.29, 0.717) is 16.9 Å². The molecular formula is C16H11NO3. The molecule has 0 saturated carbocycles. The van der Waals surface area contributed by atoms with Gasteiger partial charge in [-0.3, -0.25) is 9.59 Å². The van der Waals surface area contributed by atoms with Crippen LogP contribution in [0.2, 0.25) is 0 Å². The molecule has 1 aliphatic rings. The van der Waals surface area contributed by atoms with Crippen LogP contribution in [0, 0.1) is 0 Å². The Labute approximate surface area is 115 Å². The number of amides is 2. The first kappa shape index (κ1) is 12.2. The summed E-state index contributed by atoms with van der Waals surface area (Å²) in [5.74, 6) is -0.470. The molecular weight excluding hydrogens is 254 g/mol. The van der Waals surface area contributed by atoms with Crippen LogP contribution < -0.4 is 4.84 Å². The molecule has 0 atom stereocenters. The first-order valence-corrected chi connectivity index (χ1v) is 6.09. The molecule has 4 heteroatoms. The summed E-state index contributed by atoms with van der Waals surface area (Å²) in [4.78, 5) is 29.6. The Bertz CT molecular complexity index is 669. The van der Waals surface area contributed by atoms with Crippen molar-refractivity contribution in [3.8, 4) is 5.75 Å². The van der Waals surface area contributed by atoms with Crippen molar-refractivity contribution in [2.45, 2.75) is 0 Å². The van der Waals surface area contributed by atoms with E-state index in [-0.39, 0.29) is 0 Å². The Balaban J connectivity index is 1.87. The van der Waals surface area contributed by atoms with Gasteiger partial charge in [0, 0.05) is 0 Å². The van der Waals surface area contributed by atoms with Crippen LogP contribution in [0.4, 0.5) is 0 Å². The summed E-state index contributed by atoms with van der Waals surface area (Å²) in [5, 5.41) is 0.785. The lowest BCUT2D eigenvalue weighted by Crippen LogP contribution is -2.33. The molecule has 3 rings (SSSR count). The first-order valence-electron chi connectivity index (χ1n) is 6.09. The van der Waals surface area contributed by atoms with Gasteiger partial charge >= 0.3 is 0 Å². The smallest absolute Gasteiger partial charge is 0.295 e. The Kier molecular flexibility index (Phi) is 2.84. The molecule has 0 saturated heterocycles. The predicted molar refractivity (Wildman–Crippen MR) is 74.1 cm³/mol. The Morgan fingerprint density at radius 3 is 1.95 bits per heavy atom. The van der Waals surface area contributed by atoms with Gasteiger partial charge in [-0.1, -0.05) is 42.0 Å². The molecule has 0 aromatic heterocycles. The van der Waals surface area contributed by atoms with Crippen molar-refractivity contribution in [1.29, 1.82) is 0 Å². The highest BCUT2D eigenvalue weighted by molar-refractivity contribution is 6.20. The van der Waals surface area contributed by atoms with Crippen molar-refractivity contribution in [2.75, 3.05) is 0 Å². The van der Waals surface area contributed by atoms with Crippen LogP contribution in [-0.4, -0.2) is 16.9 Å². The van der Waals surface area contributed by atoms with Crippen molar-refractivity contribution in [1.82, 2.24) is 5.06 Å². The second kappa shape index (κ2) is 4.66. The van der Waals surface area contributed by atoms with E-state index in [1.54, 1.807) is 54.6 Å². The van der Waals surface area contributed by atoms with Crippen LogP contribution in [0.25, 0.3) is 6.08 Å². The molecule has 2 amide bonds. The number of rotatable bonds is 3. The second-order valence-electron chi connectivity index (χ2n) is 4.31. The molecule has 20 heavy (non-hydrogen) atoms. The van der Waals surface area contributed by atoms with Crippen molar-refractivity contribution in [3.05, 3.63) is 71.8 Å². The lowest BCUT2D eigenvalue weighted by Gasteiger charge is -2.14. The van der Waals surface area contributed by atoms with Gasteiger partial charge in [0.25, 0.3) is 11.8 Å². The zero-order chi connectivity index (χ0) is 14.1. The van der Waals surface area contributed by atoms with Crippen molar-refractivity contribution >= 4 is 17.9 Å². The van der Waals surface area contributed by atoms with E-state index in [9.17, 15) is 9.59 Å². The third-order valence-corrected chi connectivity index (χ3v) is 3.07. The molecule has 1 aliphatic heterocycles. The number of carbonyl (C=O) groups excluding carboxylic acids is 2. The average molecular weight is 265 g/mol. The first-order chi connectivity index (χ1) is 9.70. The van der Waals surface area contributed by atoms with Gasteiger partial charge in [-0.25, -0.2) is 0 Å². The normalized spacial score (nSPS) is 13.3. The Morgan fingerprint density at radius 2 is 1.45 bits per heavy atom. The van der Waals surface area contributed by atoms with E-state index in [1.165, 1.54) is 0 Å². The summed E-state index contributed by atoms with van der Waals surface area (Å²) in [5.41, 5.74) is 1.65. The molecule has 0 spiro atoms. The highest BCUT2D eigenvalue weighted by atomic mass is 16.7. The van der Waals surface area contributed by atoms with Crippen LogP contribution >= 0.6 is 0 Å². The highest BCUT2D eigenvalue weighted by Gasteiger charge is 2.37. The van der Waals surface area contributed by atoms with E-state index in [1.807, 2.05) is 0 Å². The average Bonchev–Trinajstić information content (AvgIpc) is 2.74. The number of hydroxylamine groups is 2. The van der Waals surface area contributed by atoms with Gasteiger partial charge in [-0.15, -0.1) is 0 Å². The lowest BCUT2D eigenvalue weighted by molar-refractivity contribution is -0.0141. The molecule has 0 radical (unpaired) electrons. The van der Waals surface area contributed by atoms with Gasteiger partial charge in [0.15, 0.2) is 5.75 Å². The zero-order valence-corrected chi connectivity index (χ0v) is 10.6. The third kappa shape index (κ3) is 1.87. The van der Waals surface area contributed by atoms with Crippen molar-refractivity contribution in [2.24, 2.45) is 0 Å². The number of benzene rings is 2. The lowest BCUT2D eigenvalue weighted by atomic mass is 10.1. The molecule has 0 aliphatic carbocycles. The third-order valence-electron chi connectivity index (χ3n) is 3.07. The molecule has 0 bridgehead atoms. The number of imide groups is 1. The largest absolute Gasteiger partial charge is 0.368 e. The van der Waals surface area contributed by atoms with Crippen LogP contribution in [0.1, 0.15) is 26.3 Å².